The maximum atomic E-state index is 10.8. The van der Waals surface area contributed by atoms with Crippen molar-refractivity contribution in [1.29, 1.82) is 0 Å². The fraction of sp³-hybridized carbons (Fsp3) is 0.571. The van der Waals surface area contributed by atoms with Gasteiger partial charge >= 0.3 is 12.1 Å². The summed E-state index contributed by atoms with van der Waals surface area (Å²) in [6.07, 6.45) is -0.557. The molecule has 0 aromatic rings. The molecule has 5 heteroatoms. The molecule has 5 nitrogen and oxygen atoms in total. The summed E-state index contributed by atoms with van der Waals surface area (Å²) in [6, 6.07) is 0. The number of amides is 1. The van der Waals surface area contributed by atoms with Gasteiger partial charge in [0, 0.05) is 14.0 Å². The van der Waals surface area contributed by atoms with E-state index in [1.165, 1.54) is 25.4 Å². The zero-order valence-electron chi connectivity index (χ0n) is 7.36. The van der Waals surface area contributed by atoms with Gasteiger partial charge in [-0.15, -0.1) is 0 Å². The zero-order chi connectivity index (χ0) is 9.56. The second-order valence-electron chi connectivity index (χ2n) is 2.03. The summed E-state index contributed by atoms with van der Waals surface area (Å²) in [4.78, 5) is 22.3. The summed E-state index contributed by atoms with van der Waals surface area (Å²) in [5, 5.41) is 0. The van der Waals surface area contributed by atoms with Crippen LogP contribution in [0.25, 0.3) is 0 Å². The highest BCUT2D eigenvalue weighted by molar-refractivity contribution is 5.68. The van der Waals surface area contributed by atoms with Crippen molar-refractivity contribution in [3.05, 3.63) is 6.54 Å². The molecule has 0 aliphatic heterocycles. The normalized spacial score (nSPS) is 8.92. The van der Waals surface area contributed by atoms with E-state index in [9.17, 15) is 9.59 Å². The molecule has 0 N–H and O–H groups in total. The van der Waals surface area contributed by atoms with Crippen molar-refractivity contribution in [3.63, 3.8) is 0 Å². The van der Waals surface area contributed by atoms with E-state index in [0.717, 1.165) is 0 Å². The first kappa shape index (κ1) is 10.7. The fourth-order valence-electron chi connectivity index (χ4n) is 0.370. The largest absolute Gasteiger partial charge is 0.428 e. The molecule has 0 heterocycles. The maximum Gasteiger partial charge on any atom is 0.412 e. The number of ether oxygens (including phenoxy) is 2. The lowest BCUT2D eigenvalue weighted by Gasteiger charge is -2.13. The lowest BCUT2D eigenvalue weighted by atomic mass is 10.7. The highest BCUT2D eigenvalue weighted by atomic mass is 16.7. The number of carbonyl (C=O) groups is 2. The molecular weight excluding hydrogens is 162 g/mol. The Kier molecular flexibility index (Phi) is 4.83. The summed E-state index contributed by atoms with van der Waals surface area (Å²) in [6.45, 7) is 4.12. The molecule has 0 bridgehead atoms. The van der Waals surface area contributed by atoms with Crippen molar-refractivity contribution in [1.82, 2.24) is 4.90 Å². The molecule has 0 saturated carbocycles. The Morgan fingerprint density at radius 2 is 2.00 bits per heavy atom. The minimum Gasteiger partial charge on any atom is -0.428 e. The standard InChI is InChI=1S/C7H12NO4/c1-4-8(3)7(10)12-5-11-6(2)9/h4H,5H2,1-3H3. The van der Waals surface area contributed by atoms with Crippen molar-refractivity contribution in [2.45, 2.75) is 13.8 Å². The van der Waals surface area contributed by atoms with Crippen LogP contribution in [0.15, 0.2) is 0 Å². The topological polar surface area (TPSA) is 55.8 Å². The van der Waals surface area contributed by atoms with E-state index >= 15 is 0 Å². The third-order valence-corrected chi connectivity index (χ3v) is 1.12. The Morgan fingerprint density at radius 3 is 2.42 bits per heavy atom. The summed E-state index contributed by atoms with van der Waals surface area (Å²) in [5.41, 5.74) is 0. The molecule has 0 rings (SSSR count). The molecule has 0 fully saturated rings. The van der Waals surface area contributed by atoms with E-state index < -0.39 is 12.1 Å². The fourth-order valence-corrected chi connectivity index (χ4v) is 0.370. The lowest BCUT2D eigenvalue weighted by molar-refractivity contribution is -0.149. The molecule has 0 unspecified atom stereocenters. The van der Waals surface area contributed by atoms with Crippen LogP contribution in [-0.4, -0.2) is 30.8 Å². The van der Waals surface area contributed by atoms with Gasteiger partial charge in [0.25, 0.3) is 0 Å². The molecule has 0 aliphatic carbocycles. The van der Waals surface area contributed by atoms with Crippen LogP contribution in [0.4, 0.5) is 4.79 Å². The average Bonchev–Trinajstić information content (AvgIpc) is 2.02. The van der Waals surface area contributed by atoms with Gasteiger partial charge in [-0.3, -0.25) is 4.79 Å². The summed E-state index contributed by atoms with van der Waals surface area (Å²) >= 11 is 0. The molecule has 12 heavy (non-hydrogen) atoms. The lowest BCUT2D eigenvalue weighted by Crippen LogP contribution is -2.25. The average molecular weight is 174 g/mol. The molecule has 1 radical (unpaired) electrons. The molecule has 0 aromatic heterocycles. The maximum absolute atomic E-state index is 10.8. The van der Waals surface area contributed by atoms with Crippen LogP contribution in [0.5, 0.6) is 0 Å². The Hall–Kier alpha value is -1.26. The van der Waals surface area contributed by atoms with Crippen LogP contribution in [0.2, 0.25) is 0 Å². The van der Waals surface area contributed by atoms with Crippen molar-refractivity contribution in [2.24, 2.45) is 0 Å². The second kappa shape index (κ2) is 5.40. The number of esters is 1. The molecule has 1 amide bonds. The van der Waals surface area contributed by atoms with Crippen LogP contribution in [0, 0.1) is 6.54 Å². The Bertz CT molecular complexity index is 169. The predicted molar refractivity (Wildman–Crippen MR) is 40.9 cm³/mol. The minimum absolute atomic E-state index is 0.341. The first-order valence-corrected chi connectivity index (χ1v) is 3.40. The van der Waals surface area contributed by atoms with E-state index in [2.05, 4.69) is 9.47 Å². The quantitative estimate of drug-likeness (QED) is 0.468. The van der Waals surface area contributed by atoms with E-state index in [0.29, 0.717) is 0 Å². The molecule has 69 valence electrons. The van der Waals surface area contributed by atoms with Crippen LogP contribution >= 0.6 is 0 Å². The van der Waals surface area contributed by atoms with Gasteiger partial charge in [0.2, 0.25) is 6.79 Å². The third kappa shape index (κ3) is 4.54. The van der Waals surface area contributed by atoms with Crippen molar-refractivity contribution < 1.29 is 19.1 Å². The summed E-state index contributed by atoms with van der Waals surface area (Å²) in [7, 11) is 1.54. The Morgan fingerprint density at radius 1 is 1.42 bits per heavy atom. The van der Waals surface area contributed by atoms with Gasteiger partial charge in [0.05, 0.1) is 6.54 Å². The van der Waals surface area contributed by atoms with Gasteiger partial charge in [0.15, 0.2) is 0 Å². The van der Waals surface area contributed by atoms with Gasteiger partial charge in [0.1, 0.15) is 0 Å². The van der Waals surface area contributed by atoms with Gasteiger partial charge in [-0.05, 0) is 6.92 Å². The van der Waals surface area contributed by atoms with Gasteiger partial charge in [-0.1, -0.05) is 0 Å². The van der Waals surface area contributed by atoms with Gasteiger partial charge < -0.3 is 14.4 Å². The Labute approximate surface area is 71.2 Å². The first-order chi connectivity index (χ1) is 5.57. The van der Waals surface area contributed by atoms with Crippen LogP contribution in [-0.2, 0) is 14.3 Å². The van der Waals surface area contributed by atoms with Crippen molar-refractivity contribution in [2.75, 3.05) is 13.8 Å². The number of carbonyl (C=O) groups excluding carboxylic acids is 2. The van der Waals surface area contributed by atoms with Crippen LogP contribution in [0.3, 0.4) is 0 Å². The number of hydrogen-bond acceptors (Lipinski definition) is 4. The molecule has 0 aromatic carbocycles. The first-order valence-electron chi connectivity index (χ1n) is 3.40. The molecule has 0 saturated heterocycles. The van der Waals surface area contributed by atoms with Gasteiger partial charge in [-0.2, -0.15) is 0 Å². The highest BCUT2D eigenvalue weighted by Gasteiger charge is 2.07. The van der Waals surface area contributed by atoms with Crippen LogP contribution in [0.1, 0.15) is 13.8 Å². The zero-order valence-corrected chi connectivity index (χ0v) is 7.36. The monoisotopic (exact) mass is 174 g/mol. The molecular formula is C7H12NO4. The third-order valence-electron chi connectivity index (χ3n) is 1.12. The van der Waals surface area contributed by atoms with Gasteiger partial charge in [-0.25, -0.2) is 4.79 Å². The molecule has 0 aliphatic rings. The molecule has 0 atom stereocenters. The summed E-state index contributed by atoms with van der Waals surface area (Å²) < 4.78 is 8.90. The number of nitrogens with zero attached hydrogens (tertiary/aromatic N) is 1. The second-order valence-corrected chi connectivity index (χ2v) is 2.03. The van der Waals surface area contributed by atoms with Crippen molar-refractivity contribution in [3.8, 4) is 0 Å². The predicted octanol–water partition coefficient (Wildman–Crippen LogP) is 0.757. The van der Waals surface area contributed by atoms with Crippen LogP contribution < -0.4 is 0 Å². The van der Waals surface area contributed by atoms with E-state index in [-0.39, 0.29) is 6.79 Å². The highest BCUT2D eigenvalue weighted by Crippen LogP contribution is 1.92. The smallest absolute Gasteiger partial charge is 0.412 e. The SMILES string of the molecule is C[CH]N(C)C(=O)OCOC(C)=O. The van der Waals surface area contributed by atoms with E-state index in [4.69, 9.17) is 0 Å². The summed E-state index contributed by atoms with van der Waals surface area (Å²) in [5.74, 6) is -0.481. The van der Waals surface area contributed by atoms with E-state index in [1.54, 1.807) is 6.92 Å². The van der Waals surface area contributed by atoms with E-state index in [1.807, 2.05) is 0 Å². The number of rotatable bonds is 3. The molecule has 0 spiro atoms. The number of hydrogen-bond donors (Lipinski definition) is 0. The Balaban J connectivity index is 3.50. The minimum atomic E-state index is -0.557. The van der Waals surface area contributed by atoms with Crippen molar-refractivity contribution >= 4 is 12.1 Å².